The van der Waals surface area contributed by atoms with Gasteiger partial charge >= 0.3 is 0 Å². The number of hydrogen-bond acceptors (Lipinski definition) is 2. The third kappa shape index (κ3) is 2.64. The second-order valence-electron chi connectivity index (χ2n) is 4.07. The number of hydrogen-bond donors (Lipinski definition) is 1. The monoisotopic (exact) mass is 200 g/mol. The lowest BCUT2D eigenvalue weighted by Gasteiger charge is -2.31. The number of nitrogens with two attached hydrogens (primary N) is 1. The lowest BCUT2D eigenvalue weighted by atomic mass is 10.1. The van der Waals surface area contributed by atoms with Gasteiger partial charge in [-0.2, -0.15) is 0 Å². The van der Waals surface area contributed by atoms with E-state index < -0.39 is 0 Å². The van der Waals surface area contributed by atoms with E-state index in [1.807, 2.05) is 0 Å². The first kappa shape index (κ1) is 10.9. The fourth-order valence-corrected chi connectivity index (χ4v) is 2.22. The van der Waals surface area contributed by atoms with Crippen molar-refractivity contribution in [1.29, 1.82) is 0 Å². The molecule has 0 saturated heterocycles. The zero-order valence-electron chi connectivity index (χ0n) is 8.79. The Balaban J connectivity index is 2.51. The van der Waals surface area contributed by atoms with Gasteiger partial charge in [-0.15, -0.1) is 0 Å². The molecule has 1 aliphatic rings. The maximum absolute atomic E-state index is 5.70. The first-order valence-corrected chi connectivity index (χ1v) is 5.50. The lowest BCUT2D eigenvalue weighted by Crippen LogP contribution is -2.46. The average molecular weight is 200 g/mol. The van der Waals surface area contributed by atoms with Crippen molar-refractivity contribution in [3.05, 3.63) is 0 Å². The molecule has 0 aromatic heterocycles. The first-order valence-electron chi connectivity index (χ1n) is 5.09. The Kier molecular flexibility index (Phi) is 3.68. The maximum Gasteiger partial charge on any atom is 0.0901 e. The molecule has 3 heteroatoms. The highest BCUT2D eigenvalue weighted by atomic mass is 32.1. The summed E-state index contributed by atoms with van der Waals surface area (Å²) in [6, 6.07) is 0.914. The third-order valence-electron chi connectivity index (χ3n) is 3.15. The number of nitrogens with zero attached hydrogens (tertiary/aromatic N) is 1. The van der Waals surface area contributed by atoms with E-state index >= 15 is 0 Å². The van der Waals surface area contributed by atoms with Crippen molar-refractivity contribution in [2.75, 3.05) is 7.05 Å². The molecule has 2 unspecified atom stereocenters. The van der Waals surface area contributed by atoms with Gasteiger partial charge in [0.15, 0.2) is 0 Å². The van der Waals surface area contributed by atoms with Crippen LogP contribution < -0.4 is 5.73 Å². The topological polar surface area (TPSA) is 29.3 Å². The summed E-state index contributed by atoms with van der Waals surface area (Å²) < 4.78 is 0. The highest BCUT2D eigenvalue weighted by Crippen LogP contribution is 2.35. The van der Waals surface area contributed by atoms with E-state index in [-0.39, 0.29) is 6.04 Å². The van der Waals surface area contributed by atoms with Gasteiger partial charge in [0.1, 0.15) is 0 Å². The molecule has 1 rings (SSSR count). The van der Waals surface area contributed by atoms with Crippen LogP contribution >= 0.6 is 12.2 Å². The molecular weight excluding hydrogens is 180 g/mol. The van der Waals surface area contributed by atoms with Crippen LogP contribution in [0.2, 0.25) is 0 Å². The van der Waals surface area contributed by atoms with Crippen molar-refractivity contribution < 1.29 is 0 Å². The quantitative estimate of drug-likeness (QED) is 0.686. The Morgan fingerprint density at radius 3 is 2.46 bits per heavy atom. The summed E-state index contributed by atoms with van der Waals surface area (Å²) in [5.74, 6) is 0.883. The standard InChI is InChI=1S/C10H20N2S/c1-4-9(10(11)13)12(3)7(2)8-5-6-8/h7-9H,4-6H2,1-3H3,(H2,11,13). The van der Waals surface area contributed by atoms with Crippen LogP contribution in [-0.4, -0.2) is 29.0 Å². The molecule has 0 aromatic carbocycles. The minimum Gasteiger partial charge on any atom is -0.392 e. The number of rotatable bonds is 5. The molecule has 1 aliphatic carbocycles. The van der Waals surface area contributed by atoms with Crippen LogP contribution in [0.25, 0.3) is 0 Å². The molecule has 0 radical (unpaired) electrons. The van der Waals surface area contributed by atoms with E-state index in [1.165, 1.54) is 12.8 Å². The van der Waals surface area contributed by atoms with Crippen LogP contribution in [0, 0.1) is 5.92 Å². The molecule has 0 amide bonds. The Bertz CT molecular complexity index is 189. The second-order valence-corrected chi connectivity index (χ2v) is 4.54. The zero-order chi connectivity index (χ0) is 10.0. The van der Waals surface area contributed by atoms with Gasteiger partial charge in [0.2, 0.25) is 0 Å². The van der Waals surface area contributed by atoms with Crippen molar-refractivity contribution in [3.8, 4) is 0 Å². The maximum atomic E-state index is 5.70. The Morgan fingerprint density at radius 2 is 2.15 bits per heavy atom. The van der Waals surface area contributed by atoms with Crippen LogP contribution in [0.1, 0.15) is 33.1 Å². The molecule has 0 bridgehead atoms. The van der Waals surface area contributed by atoms with Gasteiger partial charge in [0.25, 0.3) is 0 Å². The van der Waals surface area contributed by atoms with Gasteiger partial charge < -0.3 is 5.73 Å². The highest BCUT2D eigenvalue weighted by Gasteiger charge is 2.33. The molecule has 2 atom stereocenters. The number of likely N-dealkylation sites (N-methyl/N-ethyl adjacent to an activating group) is 1. The fourth-order valence-electron chi connectivity index (χ4n) is 1.88. The average Bonchev–Trinajstić information content (AvgIpc) is 2.85. The molecule has 0 heterocycles. The molecular formula is C10H20N2S. The third-order valence-corrected chi connectivity index (χ3v) is 3.43. The molecule has 76 valence electrons. The van der Waals surface area contributed by atoms with Gasteiger partial charge in [-0.25, -0.2) is 0 Å². The van der Waals surface area contributed by atoms with E-state index in [1.54, 1.807) is 0 Å². The van der Waals surface area contributed by atoms with E-state index in [2.05, 4.69) is 25.8 Å². The summed E-state index contributed by atoms with van der Waals surface area (Å²) >= 11 is 5.05. The highest BCUT2D eigenvalue weighted by molar-refractivity contribution is 7.80. The summed E-state index contributed by atoms with van der Waals surface area (Å²) in [6.45, 7) is 4.42. The van der Waals surface area contributed by atoms with Gasteiger partial charge in [0.05, 0.1) is 11.0 Å². The largest absolute Gasteiger partial charge is 0.392 e. The molecule has 0 aliphatic heterocycles. The van der Waals surface area contributed by atoms with Crippen LogP contribution in [0.4, 0.5) is 0 Å². The van der Waals surface area contributed by atoms with Gasteiger partial charge in [0, 0.05) is 6.04 Å². The summed E-state index contributed by atoms with van der Waals surface area (Å²) in [7, 11) is 2.14. The van der Waals surface area contributed by atoms with Crippen LogP contribution in [-0.2, 0) is 0 Å². The minimum absolute atomic E-state index is 0.283. The predicted molar refractivity (Wildman–Crippen MR) is 60.8 cm³/mol. The predicted octanol–water partition coefficient (Wildman–Crippen LogP) is 1.78. The smallest absolute Gasteiger partial charge is 0.0901 e. The molecule has 1 fully saturated rings. The van der Waals surface area contributed by atoms with E-state index in [0.717, 1.165) is 12.3 Å². The van der Waals surface area contributed by atoms with Crippen molar-refractivity contribution in [1.82, 2.24) is 4.90 Å². The fraction of sp³-hybridized carbons (Fsp3) is 0.900. The van der Waals surface area contributed by atoms with E-state index in [4.69, 9.17) is 18.0 Å². The van der Waals surface area contributed by atoms with Gasteiger partial charge in [-0.05, 0) is 39.2 Å². The SMILES string of the molecule is CCC(C(N)=S)N(C)C(C)C1CC1. The Hall–Kier alpha value is -0.150. The molecule has 2 nitrogen and oxygen atoms in total. The van der Waals surface area contributed by atoms with Crippen molar-refractivity contribution in [2.24, 2.45) is 11.7 Å². The van der Waals surface area contributed by atoms with Gasteiger partial charge in [-0.3, -0.25) is 4.90 Å². The molecule has 0 spiro atoms. The summed E-state index contributed by atoms with van der Waals surface area (Å²) in [5.41, 5.74) is 5.70. The first-order chi connectivity index (χ1) is 6.07. The Labute approximate surface area is 86.5 Å². The molecule has 0 aromatic rings. The summed E-state index contributed by atoms with van der Waals surface area (Å²) in [4.78, 5) is 2.97. The summed E-state index contributed by atoms with van der Waals surface area (Å²) in [6.07, 6.45) is 3.77. The Morgan fingerprint density at radius 1 is 1.62 bits per heavy atom. The van der Waals surface area contributed by atoms with Crippen molar-refractivity contribution >= 4 is 17.2 Å². The molecule has 13 heavy (non-hydrogen) atoms. The van der Waals surface area contributed by atoms with E-state index in [9.17, 15) is 0 Å². The van der Waals surface area contributed by atoms with Crippen LogP contribution in [0.15, 0.2) is 0 Å². The second kappa shape index (κ2) is 4.38. The zero-order valence-corrected chi connectivity index (χ0v) is 9.60. The van der Waals surface area contributed by atoms with Crippen molar-refractivity contribution in [2.45, 2.75) is 45.2 Å². The molecule has 2 N–H and O–H groups in total. The van der Waals surface area contributed by atoms with Crippen molar-refractivity contribution in [3.63, 3.8) is 0 Å². The van der Waals surface area contributed by atoms with Crippen LogP contribution in [0.3, 0.4) is 0 Å². The van der Waals surface area contributed by atoms with E-state index in [0.29, 0.717) is 11.0 Å². The minimum atomic E-state index is 0.283. The van der Waals surface area contributed by atoms with Gasteiger partial charge in [-0.1, -0.05) is 19.1 Å². The molecule has 1 saturated carbocycles. The van der Waals surface area contributed by atoms with Crippen LogP contribution in [0.5, 0.6) is 0 Å². The number of thiocarbonyl (C=S) groups is 1. The lowest BCUT2D eigenvalue weighted by molar-refractivity contribution is 0.203. The summed E-state index contributed by atoms with van der Waals surface area (Å²) in [5, 5.41) is 0. The normalized spacial score (nSPS) is 21.5.